The molecule has 0 radical (unpaired) electrons. The lowest BCUT2D eigenvalue weighted by Gasteiger charge is -2.02. The van der Waals surface area contributed by atoms with E-state index in [0.717, 1.165) is 5.01 Å². The van der Waals surface area contributed by atoms with Gasteiger partial charge in [-0.15, -0.1) is 0 Å². The lowest BCUT2D eigenvalue weighted by molar-refractivity contribution is 0.0174. The highest BCUT2D eigenvalue weighted by atomic mass is 16.8. The number of ether oxygens (including phenoxy) is 1. The SMILES string of the molecule is O=C1OCCN1N=Cc1ccc(N(O)O)o1. The average molecular weight is 227 g/mol. The summed E-state index contributed by atoms with van der Waals surface area (Å²) in [5, 5.41) is 22.0. The van der Waals surface area contributed by atoms with Gasteiger partial charge in [-0.2, -0.15) is 10.1 Å². The van der Waals surface area contributed by atoms with Crippen LogP contribution in [0.3, 0.4) is 0 Å². The van der Waals surface area contributed by atoms with Crippen LogP contribution in [0.1, 0.15) is 5.76 Å². The van der Waals surface area contributed by atoms with Crippen LogP contribution in [0.4, 0.5) is 10.7 Å². The third-order valence-electron chi connectivity index (χ3n) is 1.87. The van der Waals surface area contributed by atoms with Crippen LogP contribution in [0.2, 0.25) is 0 Å². The number of nitrogens with zero attached hydrogens (tertiary/aromatic N) is 3. The number of cyclic esters (lactones) is 1. The van der Waals surface area contributed by atoms with Crippen molar-refractivity contribution >= 4 is 18.2 Å². The summed E-state index contributed by atoms with van der Waals surface area (Å²) in [6.07, 6.45) is 0.758. The van der Waals surface area contributed by atoms with E-state index in [0.29, 0.717) is 13.2 Å². The van der Waals surface area contributed by atoms with Crippen molar-refractivity contribution in [1.29, 1.82) is 0 Å². The third kappa shape index (κ3) is 2.12. The van der Waals surface area contributed by atoms with Crippen LogP contribution in [0.15, 0.2) is 21.7 Å². The number of amides is 1. The molecule has 1 saturated heterocycles. The zero-order chi connectivity index (χ0) is 11.5. The molecule has 0 unspecified atom stereocenters. The van der Waals surface area contributed by atoms with Crippen molar-refractivity contribution < 1.29 is 24.4 Å². The first-order valence-corrected chi connectivity index (χ1v) is 4.43. The first-order chi connectivity index (χ1) is 7.66. The highest BCUT2D eigenvalue weighted by molar-refractivity contribution is 5.78. The molecule has 0 atom stereocenters. The van der Waals surface area contributed by atoms with Gasteiger partial charge in [0.1, 0.15) is 12.4 Å². The van der Waals surface area contributed by atoms with Gasteiger partial charge in [-0.25, -0.2) is 4.79 Å². The molecule has 0 aromatic carbocycles. The van der Waals surface area contributed by atoms with E-state index in [9.17, 15) is 4.79 Å². The lowest BCUT2D eigenvalue weighted by atomic mass is 10.5. The van der Waals surface area contributed by atoms with E-state index in [4.69, 9.17) is 14.8 Å². The van der Waals surface area contributed by atoms with Gasteiger partial charge in [-0.05, 0) is 6.07 Å². The Balaban J connectivity index is 2.02. The minimum atomic E-state index is -0.519. The van der Waals surface area contributed by atoms with E-state index in [2.05, 4.69) is 9.84 Å². The molecule has 16 heavy (non-hydrogen) atoms. The van der Waals surface area contributed by atoms with Crippen LogP contribution in [-0.4, -0.2) is 40.9 Å². The second-order valence-corrected chi connectivity index (χ2v) is 2.95. The van der Waals surface area contributed by atoms with Crippen molar-refractivity contribution in [2.24, 2.45) is 5.10 Å². The highest BCUT2D eigenvalue weighted by Crippen LogP contribution is 2.14. The van der Waals surface area contributed by atoms with Gasteiger partial charge in [0.25, 0.3) is 0 Å². The van der Waals surface area contributed by atoms with Gasteiger partial charge < -0.3 is 9.15 Å². The minimum Gasteiger partial charge on any atom is -0.446 e. The normalized spacial score (nSPS) is 15.9. The monoisotopic (exact) mass is 227 g/mol. The largest absolute Gasteiger partial charge is 0.446 e. The lowest BCUT2D eigenvalue weighted by Crippen LogP contribution is -2.17. The van der Waals surface area contributed by atoms with Gasteiger partial charge in [-0.1, -0.05) is 5.23 Å². The van der Waals surface area contributed by atoms with Gasteiger partial charge in [0.2, 0.25) is 5.88 Å². The summed E-state index contributed by atoms with van der Waals surface area (Å²) in [6.45, 7) is 0.690. The zero-order valence-corrected chi connectivity index (χ0v) is 8.11. The quantitative estimate of drug-likeness (QED) is 0.581. The average Bonchev–Trinajstić information content (AvgIpc) is 2.83. The van der Waals surface area contributed by atoms with Crippen LogP contribution in [0, 0.1) is 0 Å². The van der Waals surface area contributed by atoms with Crippen LogP contribution in [0.5, 0.6) is 0 Å². The summed E-state index contributed by atoms with van der Waals surface area (Å²) in [6, 6.07) is 2.81. The summed E-state index contributed by atoms with van der Waals surface area (Å²) in [7, 11) is 0. The molecule has 0 aliphatic carbocycles. The van der Waals surface area contributed by atoms with Crippen molar-refractivity contribution in [3.8, 4) is 0 Å². The van der Waals surface area contributed by atoms with Crippen LogP contribution in [0.25, 0.3) is 0 Å². The Bertz CT molecular complexity index is 414. The van der Waals surface area contributed by atoms with E-state index < -0.39 is 6.09 Å². The molecule has 0 saturated carbocycles. The number of hydrogen-bond donors (Lipinski definition) is 2. The summed E-state index contributed by atoms with van der Waals surface area (Å²) in [5.41, 5.74) is 0. The Kier molecular flexibility index (Phi) is 2.75. The molecule has 1 aliphatic rings. The number of anilines is 1. The summed E-state index contributed by atoms with van der Waals surface area (Å²) < 4.78 is 9.59. The fourth-order valence-corrected chi connectivity index (χ4v) is 1.14. The van der Waals surface area contributed by atoms with Crippen molar-refractivity contribution in [1.82, 2.24) is 5.01 Å². The molecular weight excluding hydrogens is 218 g/mol. The Morgan fingerprint density at radius 1 is 1.50 bits per heavy atom. The molecule has 2 rings (SSSR count). The molecular formula is C8H9N3O5. The maximum atomic E-state index is 11.0. The van der Waals surface area contributed by atoms with E-state index >= 15 is 0 Å². The molecule has 2 N–H and O–H groups in total. The summed E-state index contributed by atoms with van der Waals surface area (Å²) in [4.78, 5) is 11.0. The molecule has 2 heterocycles. The minimum absolute atomic E-state index is 0.148. The first kappa shape index (κ1) is 10.5. The number of rotatable bonds is 3. The van der Waals surface area contributed by atoms with Gasteiger partial charge in [0.05, 0.1) is 12.8 Å². The fraction of sp³-hybridized carbons (Fsp3) is 0.250. The van der Waals surface area contributed by atoms with Crippen LogP contribution >= 0.6 is 0 Å². The molecule has 1 fully saturated rings. The molecule has 1 aromatic rings. The topological polar surface area (TPSA) is 98.7 Å². The predicted octanol–water partition coefficient (Wildman–Crippen LogP) is 0.651. The summed E-state index contributed by atoms with van der Waals surface area (Å²) in [5.74, 6) is 0.133. The fourth-order valence-electron chi connectivity index (χ4n) is 1.14. The molecule has 1 amide bonds. The maximum Gasteiger partial charge on any atom is 0.430 e. The number of carbonyl (C=O) groups is 1. The molecule has 1 aromatic heterocycles. The number of hydrogen-bond acceptors (Lipinski definition) is 7. The Morgan fingerprint density at radius 2 is 2.31 bits per heavy atom. The third-order valence-corrected chi connectivity index (χ3v) is 1.87. The van der Waals surface area contributed by atoms with Crippen LogP contribution < -0.4 is 5.23 Å². The molecule has 0 bridgehead atoms. The van der Waals surface area contributed by atoms with Crippen molar-refractivity contribution in [3.05, 3.63) is 17.9 Å². The Hall–Kier alpha value is -2.06. The molecule has 0 spiro atoms. The Labute approximate surface area is 89.8 Å². The molecule has 86 valence electrons. The molecule has 8 nitrogen and oxygen atoms in total. The number of hydrazone groups is 1. The molecule has 8 heteroatoms. The van der Waals surface area contributed by atoms with Crippen molar-refractivity contribution in [3.63, 3.8) is 0 Å². The van der Waals surface area contributed by atoms with E-state index in [1.807, 2.05) is 0 Å². The van der Waals surface area contributed by atoms with Gasteiger partial charge in [0.15, 0.2) is 0 Å². The number of carbonyl (C=O) groups excluding carboxylic acids is 1. The first-order valence-electron chi connectivity index (χ1n) is 4.43. The second kappa shape index (κ2) is 4.21. The standard InChI is InChI=1S/C8H9N3O5/c12-8-10(3-4-15-8)9-5-6-1-2-7(16-6)11(13)14/h1-2,5,13-14H,3-4H2. The number of furan rings is 1. The molecule has 1 aliphatic heterocycles. The zero-order valence-electron chi connectivity index (χ0n) is 8.11. The van der Waals surface area contributed by atoms with Gasteiger partial charge in [0, 0.05) is 6.07 Å². The van der Waals surface area contributed by atoms with Crippen molar-refractivity contribution in [2.75, 3.05) is 18.4 Å². The smallest absolute Gasteiger partial charge is 0.430 e. The van der Waals surface area contributed by atoms with E-state index in [1.54, 1.807) is 0 Å². The summed E-state index contributed by atoms with van der Waals surface area (Å²) >= 11 is 0. The maximum absolute atomic E-state index is 11.0. The predicted molar refractivity (Wildman–Crippen MR) is 50.4 cm³/mol. The second-order valence-electron chi connectivity index (χ2n) is 2.95. The highest BCUT2D eigenvalue weighted by Gasteiger charge is 2.20. The van der Waals surface area contributed by atoms with Gasteiger partial charge in [-0.3, -0.25) is 10.4 Å². The van der Waals surface area contributed by atoms with Gasteiger partial charge >= 0.3 is 6.09 Å². The Morgan fingerprint density at radius 3 is 2.88 bits per heavy atom. The van der Waals surface area contributed by atoms with E-state index in [-0.39, 0.29) is 16.9 Å². The van der Waals surface area contributed by atoms with Crippen molar-refractivity contribution in [2.45, 2.75) is 0 Å². The van der Waals surface area contributed by atoms with Crippen LogP contribution in [-0.2, 0) is 4.74 Å². The van der Waals surface area contributed by atoms with E-state index in [1.165, 1.54) is 18.3 Å².